The summed E-state index contributed by atoms with van der Waals surface area (Å²) in [5.41, 5.74) is 1.12. The highest BCUT2D eigenvalue weighted by molar-refractivity contribution is 5.77. The number of carbonyl (C=O) groups is 1. The molecule has 3 fully saturated rings. The number of carbonyl (C=O) groups excluding carboxylic acids is 1. The molecule has 0 aliphatic carbocycles. The zero-order valence-corrected chi connectivity index (χ0v) is 14.9. The average molecular weight is 344 g/mol. The summed E-state index contributed by atoms with van der Waals surface area (Å²) in [5, 5.41) is 3.24. The Labute approximate surface area is 149 Å². The molecule has 3 saturated heterocycles. The molecule has 1 aromatic rings. The highest BCUT2D eigenvalue weighted by atomic mass is 16.5. The Morgan fingerprint density at radius 1 is 1.28 bits per heavy atom. The first-order valence-electron chi connectivity index (χ1n) is 9.52. The highest BCUT2D eigenvalue weighted by Crippen LogP contribution is 2.34. The average Bonchev–Trinajstić information content (AvgIpc) is 3.12. The highest BCUT2D eigenvalue weighted by Gasteiger charge is 2.40. The summed E-state index contributed by atoms with van der Waals surface area (Å²) in [6.45, 7) is 5.69. The molecule has 0 aromatic carbocycles. The molecule has 6 nitrogen and oxygen atoms in total. The minimum Gasteiger partial charge on any atom is -0.379 e. The van der Waals surface area contributed by atoms with Gasteiger partial charge in [0.05, 0.1) is 31.1 Å². The smallest absolute Gasteiger partial charge is 0.222 e. The van der Waals surface area contributed by atoms with E-state index in [4.69, 9.17) is 4.74 Å². The van der Waals surface area contributed by atoms with E-state index in [1.54, 1.807) is 0 Å². The molecular formula is C19H28N4O2. The third-order valence-electron chi connectivity index (χ3n) is 5.86. The van der Waals surface area contributed by atoms with Crippen molar-refractivity contribution in [2.24, 2.45) is 0 Å². The Kier molecular flexibility index (Phi) is 5.01. The van der Waals surface area contributed by atoms with Gasteiger partial charge in [-0.15, -0.1) is 0 Å². The minimum atomic E-state index is 0.107. The van der Waals surface area contributed by atoms with E-state index in [9.17, 15) is 4.79 Å². The standard InChI is InChI=1S/C19H28N4O2/c1-14-13-25-10-9-22(14)15-11-18(21-19(24)12-15)23-8-4-6-17(23)16-5-2-3-7-20-16/h2-3,5,7,14-15,17-18H,4,6,8-13H2,1H3,(H,21,24)/t14-,15?,17+,18?/m1/s1. The lowest BCUT2D eigenvalue weighted by molar-refractivity contribution is -0.130. The first-order valence-corrected chi connectivity index (χ1v) is 9.52. The maximum atomic E-state index is 12.4. The lowest BCUT2D eigenvalue weighted by Crippen LogP contribution is -2.59. The predicted molar refractivity (Wildman–Crippen MR) is 94.9 cm³/mol. The van der Waals surface area contributed by atoms with Gasteiger partial charge in [-0.2, -0.15) is 0 Å². The number of aromatic nitrogens is 1. The zero-order chi connectivity index (χ0) is 17.2. The zero-order valence-electron chi connectivity index (χ0n) is 14.9. The van der Waals surface area contributed by atoms with E-state index in [2.05, 4.69) is 39.2 Å². The molecule has 3 aliphatic heterocycles. The van der Waals surface area contributed by atoms with Gasteiger partial charge in [0.15, 0.2) is 0 Å². The second-order valence-electron chi connectivity index (χ2n) is 7.49. The molecule has 4 heterocycles. The largest absolute Gasteiger partial charge is 0.379 e. The number of piperidine rings is 1. The van der Waals surface area contributed by atoms with Crippen molar-refractivity contribution in [3.63, 3.8) is 0 Å². The van der Waals surface area contributed by atoms with Crippen LogP contribution in [0.25, 0.3) is 0 Å². The fourth-order valence-electron chi connectivity index (χ4n) is 4.66. The van der Waals surface area contributed by atoms with E-state index < -0.39 is 0 Å². The number of pyridine rings is 1. The lowest BCUT2D eigenvalue weighted by atomic mass is 9.97. The van der Waals surface area contributed by atoms with Crippen molar-refractivity contribution >= 4 is 5.91 Å². The van der Waals surface area contributed by atoms with E-state index in [1.807, 2.05) is 12.3 Å². The Morgan fingerprint density at radius 2 is 2.20 bits per heavy atom. The molecule has 4 rings (SSSR count). The number of ether oxygens (including phenoxy) is 1. The SMILES string of the molecule is C[C@@H]1COCCN1C1CC(=O)NC(N2CCC[C@H]2c2ccccn2)C1. The molecule has 136 valence electrons. The molecular weight excluding hydrogens is 316 g/mol. The van der Waals surface area contributed by atoms with Gasteiger partial charge in [-0.25, -0.2) is 0 Å². The van der Waals surface area contributed by atoms with Gasteiger partial charge >= 0.3 is 0 Å². The Balaban J connectivity index is 1.50. The molecule has 1 amide bonds. The van der Waals surface area contributed by atoms with E-state index in [-0.39, 0.29) is 12.1 Å². The van der Waals surface area contributed by atoms with Crippen molar-refractivity contribution in [1.82, 2.24) is 20.1 Å². The van der Waals surface area contributed by atoms with Gasteiger partial charge in [-0.3, -0.25) is 19.6 Å². The third kappa shape index (κ3) is 3.57. The van der Waals surface area contributed by atoms with E-state index >= 15 is 0 Å². The summed E-state index contributed by atoms with van der Waals surface area (Å²) >= 11 is 0. The van der Waals surface area contributed by atoms with Gasteiger partial charge in [0.2, 0.25) is 5.91 Å². The molecule has 6 heteroatoms. The van der Waals surface area contributed by atoms with Crippen LogP contribution in [0.15, 0.2) is 24.4 Å². The lowest BCUT2D eigenvalue weighted by Gasteiger charge is -2.45. The van der Waals surface area contributed by atoms with E-state index in [1.165, 1.54) is 0 Å². The normalized spacial score (nSPS) is 34.8. The van der Waals surface area contributed by atoms with Gasteiger partial charge < -0.3 is 10.1 Å². The fourth-order valence-corrected chi connectivity index (χ4v) is 4.66. The van der Waals surface area contributed by atoms with Crippen LogP contribution >= 0.6 is 0 Å². The van der Waals surface area contributed by atoms with Crippen molar-refractivity contribution in [2.45, 2.75) is 56.9 Å². The van der Waals surface area contributed by atoms with Crippen molar-refractivity contribution in [3.05, 3.63) is 30.1 Å². The predicted octanol–water partition coefficient (Wildman–Crippen LogP) is 1.54. The molecule has 2 unspecified atom stereocenters. The Morgan fingerprint density at radius 3 is 3.00 bits per heavy atom. The molecule has 0 spiro atoms. The molecule has 1 aromatic heterocycles. The summed E-state index contributed by atoms with van der Waals surface area (Å²) in [6, 6.07) is 7.12. The third-order valence-corrected chi connectivity index (χ3v) is 5.86. The number of likely N-dealkylation sites (tertiary alicyclic amines) is 1. The molecule has 25 heavy (non-hydrogen) atoms. The van der Waals surface area contributed by atoms with Gasteiger partial charge in [-0.05, 0) is 38.3 Å². The van der Waals surface area contributed by atoms with E-state index in [0.717, 1.165) is 51.3 Å². The van der Waals surface area contributed by atoms with Gasteiger partial charge in [0.25, 0.3) is 0 Å². The van der Waals surface area contributed by atoms with Crippen LogP contribution in [0.3, 0.4) is 0 Å². The number of nitrogens with one attached hydrogen (secondary N) is 1. The van der Waals surface area contributed by atoms with Gasteiger partial charge in [-0.1, -0.05) is 6.07 Å². The second kappa shape index (κ2) is 7.40. The Hall–Kier alpha value is -1.50. The van der Waals surface area contributed by atoms with Gasteiger partial charge in [0, 0.05) is 37.8 Å². The van der Waals surface area contributed by atoms with Crippen LogP contribution in [0.5, 0.6) is 0 Å². The molecule has 0 bridgehead atoms. The maximum absolute atomic E-state index is 12.4. The van der Waals surface area contributed by atoms with Crippen molar-refractivity contribution in [3.8, 4) is 0 Å². The summed E-state index contributed by atoms with van der Waals surface area (Å²) < 4.78 is 5.57. The van der Waals surface area contributed by atoms with Crippen LogP contribution < -0.4 is 5.32 Å². The second-order valence-corrected chi connectivity index (χ2v) is 7.49. The number of amides is 1. The van der Waals surface area contributed by atoms with Crippen LogP contribution in [0.1, 0.15) is 44.3 Å². The molecule has 3 aliphatic rings. The molecule has 0 saturated carbocycles. The molecule has 0 radical (unpaired) electrons. The number of morpholine rings is 1. The van der Waals surface area contributed by atoms with Crippen LogP contribution in [0.2, 0.25) is 0 Å². The summed E-state index contributed by atoms with van der Waals surface area (Å²) in [6.07, 6.45) is 5.83. The summed E-state index contributed by atoms with van der Waals surface area (Å²) in [5.74, 6) is 0.173. The Bertz CT molecular complexity index is 596. The summed E-state index contributed by atoms with van der Waals surface area (Å²) in [7, 11) is 0. The number of hydrogen-bond donors (Lipinski definition) is 1. The van der Waals surface area contributed by atoms with Crippen molar-refractivity contribution in [1.29, 1.82) is 0 Å². The number of hydrogen-bond acceptors (Lipinski definition) is 5. The summed E-state index contributed by atoms with van der Waals surface area (Å²) in [4.78, 5) is 21.9. The van der Waals surface area contributed by atoms with Crippen LogP contribution in [0, 0.1) is 0 Å². The quantitative estimate of drug-likeness (QED) is 0.901. The van der Waals surface area contributed by atoms with E-state index in [0.29, 0.717) is 24.5 Å². The topological polar surface area (TPSA) is 57.7 Å². The van der Waals surface area contributed by atoms with Crippen molar-refractivity contribution in [2.75, 3.05) is 26.3 Å². The minimum absolute atomic E-state index is 0.107. The van der Waals surface area contributed by atoms with Crippen LogP contribution in [0.4, 0.5) is 0 Å². The van der Waals surface area contributed by atoms with Crippen molar-refractivity contribution < 1.29 is 9.53 Å². The molecule has 4 atom stereocenters. The number of rotatable bonds is 3. The van der Waals surface area contributed by atoms with Gasteiger partial charge in [0.1, 0.15) is 0 Å². The number of nitrogens with zero attached hydrogens (tertiary/aromatic N) is 3. The first kappa shape index (κ1) is 16.9. The molecule has 1 N–H and O–H groups in total. The monoisotopic (exact) mass is 344 g/mol. The first-order chi connectivity index (χ1) is 12.2. The fraction of sp³-hybridized carbons (Fsp3) is 0.684. The van der Waals surface area contributed by atoms with Crippen LogP contribution in [-0.4, -0.2) is 65.2 Å². The maximum Gasteiger partial charge on any atom is 0.222 e. The van der Waals surface area contributed by atoms with Crippen LogP contribution in [-0.2, 0) is 9.53 Å².